The number of aryl methyl sites for hydroxylation is 1. The van der Waals surface area contributed by atoms with Gasteiger partial charge in [-0.2, -0.15) is 10.1 Å². The summed E-state index contributed by atoms with van der Waals surface area (Å²) in [6.07, 6.45) is 7.92. The van der Waals surface area contributed by atoms with Crippen LogP contribution < -0.4 is 0 Å². The van der Waals surface area contributed by atoms with Gasteiger partial charge in [-0.25, -0.2) is 0 Å². The minimum Gasteiger partial charge on any atom is -0.339 e. The maximum Gasteiger partial charge on any atom is 0.257 e. The Morgan fingerprint density at radius 3 is 3.04 bits per heavy atom. The van der Waals surface area contributed by atoms with Gasteiger partial charge in [0.05, 0.1) is 17.7 Å². The molecule has 8 heteroatoms. The number of aromatic nitrogens is 5. The summed E-state index contributed by atoms with van der Waals surface area (Å²) in [5.41, 5.74) is 2.42. The highest BCUT2D eigenvalue weighted by Gasteiger charge is 2.30. The molecule has 3 aromatic heterocycles. The van der Waals surface area contributed by atoms with E-state index in [1.54, 1.807) is 18.6 Å². The average molecular weight is 380 g/mol. The third-order valence-electron chi connectivity index (χ3n) is 5.19. The van der Waals surface area contributed by atoms with Gasteiger partial charge < -0.3 is 9.42 Å². The van der Waals surface area contributed by atoms with Crippen LogP contribution in [0.3, 0.4) is 0 Å². The fourth-order valence-electron chi connectivity index (χ4n) is 3.64. The van der Waals surface area contributed by atoms with Gasteiger partial charge in [0.2, 0.25) is 11.7 Å². The second-order valence-corrected chi connectivity index (χ2v) is 7.16. The smallest absolute Gasteiger partial charge is 0.257 e. The molecule has 4 heterocycles. The molecule has 0 spiro atoms. The highest BCUT2D eigenvalue weighted by molar-refractivity contribution is 5.95. The Kier molecular flexibility index (Phi) is 5.18. The first-order valence-electron chi connectivity index (χ1n) is 9.73. The molecule has 0 radical (unpaired) electrons. The molecule has 8 nitrogen and oxygen atoms in total. The molecule has 0 unspecified atom stereocenters. The van der Waals surface area contributed by atoms with Gasteiger partial charge in [0.1, 0.15) is 0 Å². The summed E-state index contributed by atoms with van der Waals surface area (Å²) < 4.78 is 7.40. The van der Waals surface area contributed by atoms with Crippen molar-refractivity contribution in [3.05, 3.63) is 47.9 Å². The van der Waals surface area contributed by atoms with E-state index >= 15 is 0 Å². The van der Waals surface area contributed by atoms with Crippen LogP contribution in [0.4, 0.5) is 0 Å². The fourth-order valence-corrected chi connectivity index (χ4v) is 3.64. The average Bonchev–Trinajstić information content (AvgIpc) is 3.37. The number of likely N-dealkylation sites (tertiary alicyclic amines) is 1. The van der Waals surface area contributed by atoms with Gasteiger partial charge in [-0.1, -0.05) is 12.1 Å². The van der Waals surface area contributed by atoms with Crippen LogP contribution in [0.25, 0.3) is 11.4 Å². The van der Waals surface area contributed by atoms with E-state index in [0.717, 1.165) is 43.6 Å². The van der Waals surface area contributed by atoms with Gasteiger partial charge in [0.25, 0.3) is 5.91 Å². The molecule has 4 rings (SSSR count). The molecule has 0 saturated carbocycles. The van der Waals surface area contributed by atoms with Crippen LogP contribution in [0, 0.1) is 6.92 Å². The summed E-state index contributed by atoms with van der Waals surface area (Å²) in [6, 6.07) is 3.74. The first-order chi connectivity index (χ1) is 13.7. The lowest BCUT2D eigenvalue weighted by molar-refractivity contribution is 0.0694. The van der Waals surface area contributed by atoms with Crippen molar-refractivity contribution in [2.75, 3.05) is 13.1 Å². The van der Waals surface area contributed by atoms with Crippen molar-refractivity contribution < 1.29 is 9.32 Å². The van der Waals surface area contributed by atoms with E-state index in [9.17, 15) is 4.79 Å². The summed E-state index contributed by atoms with van der Waals surface area (Å²) in [5, 5.41) is 8.44. The van der Waals surface area contributed by atoms with E-state index in [2.05, 4.69) is 27.1 Å². The third-order valence-corrected chi connectivity index (χ3v) is 5.19. The molecule has 1 aliphatic heterocycles. The zero-order chi connectivity index (χ0) is 19.5. The minimum atomic E-state index is 0.0246. The van der Waals surface area contributed by atoms with Crippen LogP contribution in [-0.2, 0) is 6.54 Å². The number of carbonyl (C=O) groups excluding carboxylic acids is 1. The summed E-state index contributed by atoms with van der Waals surface area (Å²) in [6.45, 7) is 6.18. The Bertz CT molecular complexity index is 949. The van der Waals surface area contributed by atoms with Crippen molar-refractivity contribution in [2.45, 2.75) is 45.6 Å². The molecule has 0 bridgehead atoms. The van der Waals surface area contributed by atoms with E-state index in [4.69, 9.17) is 4.52 Å². The Hall–Kier alpha value is -3.03. The Labute approximate surface area is 163 Å². The van der Waals surface area contributed by atoms with E-state index < -0.39 is 0 Å². The molecular weight excluding hydrogens is 356 g/mol. The van der Waals surface area contributed by atoms with Crippen molar-refractivity contribution in [3.63, 3.8) is 0 Å². The van der Waals surface area contributed by atoms with Crippen LogP contribution in [0.15, 0.2) is 35.2 Å². The number of nitrogens with zero attached hydrogens (tertiary/aromatic N) is 6. The predicted octanol–water partition coefficient (Wildman–Crippen LogP) is 3.07. The maximum atomic E-state index is 13.0. The number of carbonyl (C=O) groups is 1. The van der Waals surface area contributed by atoms with Gasteiger partial charge in [-0.05, 0) is 38.3 Å². The highest BCUT2D eigenvalue weighted by atomic mass is 16.5. The fraction of sp³-hybridized carbons (Fsp3) is 0.450. The van der Waals surface area contributed by atoms with E-state index in [0.29, 0.717) is 23.8 Å². The third kappa shape index (κ3) is 3.54. The molecule has 1 fully saturated rings. The zero-order valence-electron chi connectivity index (χ0n) is 16.2. The number of piperidine rings is 1. The molecule has 1 aliphatic rings. The summed E-state index contributed by atoms with van der Waals surface area (Å²) in [5.74, 6) is 1.18. The predicted molar refractivity (Wildman–Crippen MR) is 103 cm³/mol. The Balaban J connectivity index is 1.49. The van der Waals surface area contributed by atoms with Gasteiger partial charge in [0.15, 0.2) is 0 Å². The number of pyridine rings is 1. The van der Waals surface area contributed by atoms with Crippen molar-refractivity contribution in [2.24, 2.45) is 0 Å². The van der Waals surface area contributed by atoms with Gasteiger partial charge >= 0.3 is 0 Å². The number of hydrogen-bond donors (Lipinski definition) is 0. The van der Waals surface area contributed by atoms with Crippen molar-refractivity contribution in [1.82, 2.24) is 29.8 Å². The highest BCUT2D eigenvalue weighted by Crippen LogP contribution is 2.28. The molecule has 146 valence electrons. The Morgan fingerprint density at radius 1 is 1.36 bits per heavy atom. The lowest BCUT2D eigenvalue weighted by Crippen LogP contribution is -2.39. The molecule has 1 saturated heterocycles. The SMILES string of the molecule is CCCn1ncc(C(=O)N2CCC[C@@H](c3nc(-c4cccnc4)no3)C2)c1C. The standard InChI is InChI=1S/C20H24N6O2/c1-3-9-26-14(2)17(12-22-26)20(27)25-10-5-7-16(13-25)19-23-18(24-28-19)15-6-4-8-21-11-15/h4,6,8,11-12,16H,3,5,7,9-10,13H2,1-2H3/t16-/m1/s1. The summed E-state index contributed by atoms with van der Waals surface area (Å²) in [4.78, 5) is 23.6. The minimum absolute atomic E-state index is 0.0246. The largest absolute Gasteiger partial charge is 0.339 e. The second-order valence-electron chi connectivity index (χ2n) is 7.16. The number of rotatable bonds is 5. The van der Waals surface area contributed by atoms with Crippen LogP contribution in [0.2, 0.25) is 0 Å². The molecule has 1 amide bonds. The molecule has 3 aromatic rings. The van der Waals surface area contributed by atoms with Crippen LogP contribution in [0.5, 0.6) is 0 Å². The van der Waals surface area contributed by atoms with E-state index in [1.165, 1.54) is 0 Å². The van der Waals surface area contributed by atoms with Crippen molar-refractivity contribution in [3.8, 4) is 11.4 Å². The maximum absolute atomic E-state index is 13.0. The molecule has 0 aromatic carbocycles. The van der Waals surface area contributed by atoms with E-state index in [1.807, 2.05) is 28.6 Å². The van der Waals surface area contributed by atoms with Crippen LogP contribution >= 0.6 is 0 Å². The van der Waals surface area contributed by atoms with Gasteiger partial charge in [0, 0.05) is 43.3 Å². The summed E-state index contributed by atoms with van der Waals surface area (Å²) in [7, 11) is 0. The first-order valence-corrected chi connectivity index (χ1v) is 9.73. The topological polar surface area (TPSA) is 89.9 Å². The lowest BCUT2D eigenvalue weighted by atomic mass is 9.97. The van der Waals surface area contributed by atoms with Crippen LogP contribution in [-0.4, -0.2) is 48.8 Å². The normalized spacial score (nSPS) is 17.1. The monoisotopic (exact) mass is 380 g/mol. The van der Waals surface area contributed by atoms with Crippen LogP contribution in [0.1, 0.15) is 54.0 Å². The first kappa shape index (κ1) is 18.3. The summed E-state index contributed by atoms with van der Waals surface area (Å²) >= 11 is 0. The van der Waals surface area contributed by atoms with Crippen molar-refractivity contribution >= 4 is 5.91 Å². The van der Waals surface area contributed by atoms with E-state index in [-0.39, 0.29) is 11.8 Å². The zero-order valence-corrected chi connectivity index (χ0v) is 16.2. The molecule has 0 N–H and O–H groups in total. The molecule has 28 heavy (non-hydrogen) atoms. The second kappa shape index (κ2) is 7.92. The van der Waals surface area contributed by atoms with Gasteiger partial charge in [-0.15, -0.1) is 0 Å². The molecule has 1 atom stereocenters. The van der Waals surface area contributed by atoms with Gasteiger partial charge in [-0.3, -0.25) is 14.5 Å². The Morgan fingerprint density at radius 2 is 2.25 bits per heavy atom. The van der Waals surface area contributed by atoms with Crippen molar-refractivity contribution in [1.29, 1.82) is 0 Å². The lowest BCUT2D eigenvalue weighted by Gasteiger charge is -2.31. The quantitative estimate of drug-likeness (QED) is 0.676. The molecule has 0 aliphatic carbocycles. The number of amides is 1. The molecular formula is C20H24N6O2. The number of hydrogen-bond acceptors (Lipinski definition) is 6.